The Bertz CT molecular complexity index is 810. The third kappa shape index (κ3) is 2.23. The zero-order valence-electron chi connectivity index (χ0n) is 12.0. The molecule has 0 amide bonds. The van der Waals surface area contributed by atoms with Crippen molar-refractivity contribution in [3.8, 4) is 5.75 Å². The maximum absolute atomic E-state index is 6.16. The van der Waals surface area contributed by atoms with E-state index in [0.29, 0.717) is 0 Å². The summed E-state index contributed by atoms with van der Waals surface area (Å²) in [7, 11) is 0. The highest BCUT2D eigenvalue weighted by Gasteiger charge is 2.20. The van der Waals surface area contributed by atoms with E-state index in [2.05, 4.69) is 66.8 Å². The SMILES string of the molecule is Cc1ccc2c(c1)NCC(c1ccc3ccccc3c1)O2. The molecule has 0 aromatic heterocycles. The van der Waals surface area contributed by atoms with E-state index in [4.69, 9.17) is 4.74 Å². The minimum absolute atomic E-state index is 0.0600. The van der Waals surface area contributed by atoms with Crippen LogP contribution in [0.15, 0.2) is 60.7 Å². The summed E-state index contributed by atoms with van der Waals surface area (Å²) in [5.74, 6) is 0.935. The fourth-order valence-electron chi connectivity index (χ4n) is 2.88. The van der Waals surface area contributed by atoms with Gasteiger partial charge in [-0.15, -0.1) is 0 Å². The topological polar surface area (TPSA) is 21.3 Å². The van der Waals surface area contributed by atoms with Crippen LogP contribution in [0.4, 0.5) is 5.69 Å². The number of fused-ring (bicyclic) bond motifs is 2. The highest BCUT2D eigenvalue weighted by molar-refractivity contribution is 5.83. The third-order valence-electron chi connectivity index (χ3n) is 4.03. The Morgan fingerprint density at radius 3 is 2.71 bits per heavy atom. The molecule has 1 heterocycles. The number of hydrogen-bond donors (Lipinski definition) is 1. The number of aryl methyl sites for hydroxylation is 1. The first kappa shape index (κ1) is 12.3. The number of rotatable bonds is 1. The van der Waals surface area contributed by atoms with Crippen molar-refractivity contribution in [2.45, 2.75) is 13.0 Å². The zero-order chi connectivity index (χ0) is 14.2. The van der Waals surface area contributed by atoms with Gasteiger partial charge in [-0.1, -0.05) is 42.5 Å². The van der Waals surface area contributed by atoms with Gasteiger partial charge in [-0.2, -0.15) is 0 Å². The molecule has 3 aromatic rings. The van der Waals surface area contributed by atoms with Crippen LogP contribution in [0.3, 0.4) is 0 Å². The summed E-state index contributed by atoms with van der Waals surface area (Å²) < 4.78 is 6.16. The lowest BCUT2D eigenvalue weighted by Gasteiger charge is -2.28. The lowest BCUT2D eigenvalue weighted by molar-refractivity contribution is 0.210. The molecule has 0 spiro atoms. The molecule has 21 heavy (non-hydrogen) atoms. The molecule has 0 saturated carbocycles. The molecular formula is C19H17NO. The van der Waals surface area contributed by atoms with Gasteiger partial charge >= 0.3 is 0 Å². The standard InChI is InChI=1S/C19H17NO/c1-13-6-9-18-17(10-13)20-12-19(21-18)16-8-7-14-4-2-3-5-15(14)11-16/h2-11,19-20H,12H2,1H3. The second-order valence-corrected chi connectivity index (χ2v) is 5.59. The number of benzene rings is 3. The molecule has 104 valence electrons. The Balaban J connectivity index is 1.68. The monoisotopic (exact) mass is 275 g/mol. The number of hydrogen-bond acceptors (Lipinski definition) is 2. The van der Waals surface area contributed by atoms with Gasteiger partial charge < -0.3 is 10.1 Å². The quantitative estimate of drug-likeness (QED) is 0.695. The van der Waals surface area contributed by atoms with Crippen molar-refractivity contribution in [1.29, 1.82) is 0 Å². The van der Waals surface area contributed by atoms with E-state index in [1.54, 1.807) is 0 Å². The first-order valence-corrected chi connectivity index (χ1v) is 7.29. The molecule has 0 saturated heterocycles. The van der Waals surface area contributed by atoms with Gasteiger partial charge in [0.15, 0.2) is 0 Å². The first-order chi connectivity index (χ1) is 10.3. The maximum Gasteiger partial charge on any atom is 0.143 e. The minimum atomic E-state index is 0.0600. The Morgan fingerprint density at radius 2 is 1.81 bits per heavy atom. The summed E-state index contributed by atoms with van der Waals surface area (Å²) in [4.78, 5) is 0. The van der Waals surface area contributed by atoms with Crippen LogP contribution in [-0.4, -0.2) is 6.54 Å². The van der Waals surface area contributed by atoms with E-state index in [-0.39, 0.29) is 6.10 Å². The summed E-state index contributed by atoms with van der Waals surface area (Å²) in [6, 6.07) is 21.2. The predicted molar refractivity (Wildman–Crippen MR) is 87.0 cm³/mol. The molecule has 1 atom stereocenters. The molecule has 1 unspecified atom stereocenters. The fraction of sp³-hybridized carbons (Fsp3) is 0.158. The van der Waals surface area contributed by atoms with Crippen LogP contribution >= 0.6 is 0 Å². The van der Waals surface area contributed by atoms with Crippen molar-refractivity contribution < 1.29 is 4.74 Å². The summed E-state index contributed by atoms with van der Waals surface area (Å²) >= 11 is 0. The van der Waals surface area contributed by atoms with E-state index < -0.39 is 0 Å². The first-order valence-electron chi connectivity index (χ1n) is 7.29. The third-order valence-corrected chi connectivity index (χ3v) is 4.03. The van der Waals surface area contributed by atoms with Gasteiger partial charge in [0, 0.05) is 0 Å². The van der Waals surface area contributed by atoms with Crippen LogP contribution in [-0.2, 0) is 0 Å². The van der Waals surface area contributed by atoms with Crippen molar-refractivity contribution in [3.05, 3.63) is 71.8 Å². The molecule has 1 N–H and O–H groups in total. The molecule has 0 bridgehead atoms. The van der Waals surface area contributed by atoms with E-state index in [9.17, 15) is 0 Å². The molecule has 2 heteroatoms. The summed E-state index contributed by atoms with van der Waals surface area (Å²) in [6.45, 7) is 2.90. The molecule has 0 radical (unpaired) electrons. The Morgan fingerprint density at radius 1 is 0.952 bits per heavy atom. The summed E-state index contributed by atoms with van der Waals surface area (Å²) in [5.41, 5.74) is 3.55. The van der Waals surface area contributed by atoms with Crippen molar-refractivity contribution in [3.63, 3.8) is 0 Å². The Labute approximate surface area is 124 Å². The number of anilines is 1. The molecule has 0 aliphatic carbocycles. The van der Waals surface area contributed by atoms with E-state index >= 15 is 0 Å². The highest BCUT2D eigenvalue weighted by atomic mass is 16.5. The van der Waals surface area contributed by atoms with Crippen molar-refractivity contribution >= 4 is 16.5 Å². The van der Waals surface area contributed by atoms with E-state index in [1.165, 1.54) is 21.9 Å². The van der Waals surface area contributed by atoms with Gasteiger partial charge in [-0.25, -0.2) is 0 Å². The van der Waals surface area contributed by atoms with Gasteiger partial charge in [0.25, 0.3) is 0 Å². The lowest BCUT2D eigenvalue weighted by Crippen LogP contribution is -2.23. The summed E-state index contributed by atoms with van der Waals surface area (Å²) in [5, 5.41) is 6.00. The molecule has 0 fully saturated rings. The molecule has 4 rings (SSSR count). The molecular weight excluding hydrogens is 258 g/mol. The van der Waals surface area contributed by atoms with Crippen LogP contribution in [0.25, 0.3) is 10.8 Å². The average Bonchev–Trinajstić information content (AvgIpc) is 2.54. The van der Waals surface area contributed by atoms with E-state index in [0.717, 1.165) is 18.0 Å². The van der Waals surface area contributed by atoms with Crippen LogP contribution in [0, 0.1) is 6.92 Å². The number of nitrogens with one attached hydrogen (secondary N) is 1. The largest absolute Gasteiger partial charge is 0.482 e. The maximum atomic E-state index is 6.16. The van der Waals surface area contributed by atoms with Crippen molar-refractivity contribution in [2.75, 3.05) is 11.9 Å². The minimum Gasteiger partial charge on any atom is -0.482 e. The van der Waals surface area contributed by atoms with Crippen LogP contribution in [0.5, 0.6) is 5.75 Å². The van der Waals surface area contributed by atoms with Gasteiger partial charge in [-0.05, 0) is 47.0 Å². The molecule has 1 aliphatic rings. The van der Waals surface area contributed by atoms with Gasteiger partial charge in [0.2, 0.25) is 0 Å². The van der Waals surface area contributed by atoms with Crippen LogP contribution < -0.4 is 10.1 Å². The average molecular weight is 275 g/mol. The van der Waals surface area contributed by atoms with Gasteiger partial charge in [0.05, 0.1) is 12.2 Å². The fourth-order valence-corrected chi connectivity index (χ4v) is 2.88. The van der Waals surface area contributed by atoms with Crippen LogP contribution in [0.1, 0.15) is 17.2 Å². The highest BCUT2D eigenvalue weighted by Crippen LogP contribution is 2.35. The van der Waals surface area contributed by atoms with Crippen molar-refractivity contribution in [2.24, 2.45) is 0 Å². The zero-order valence-corrected chi connectivity index (χ0v) is 12.0. The Hall–Kier alpha value is -2.48. The summed E-state index contributed by atoms with van der Waals surface area (Å²) in [6.07, 6.45) is 0.0600. The smallest absolute Gasteiger partial charge is 0.143 e. The molecule has 1 aliphatic heterocycles. The van der Waals surface area contributed by atoms with E-state index in [1.807, 2.05) is 6.07 Å². The molecule has 3 aromatic carbocycles. The number of ether oxygens (including phenoxy) is 1. The second-order valence-electron chi connectivity index (χ2n) is 5.59. The van der Waals surface area contributed by atoms with Gasteiger partial charge in [0.1, 0.15) is 11.9 Å². The second kappa shape index (κ2) is 4.81. The predicted octanol–water partition coefficient (Wildman–Crippen LogP) is 4.69. The van der Waals surface area contributed by atoms with Crippen molar-refractivity contribution in [1.82, 2.24) is 0 Å². The Kier molecular flexibility index (Phi) is 2.81. The van der Waals surface area contributed by atoms with Gasteiger partial charge in [-0.3, -0.25) is 0 Å². The normalized spacial score (nSPS) is 16.9. The molecule has 2 nitrogen and oxygen atoms in total. The lowest BCUT2D eigenvalue weighted by atomic mass is 10.0. The van der Waals surface area contributed by atoms with Crippen LogP contribution in [0.2, 0.25) is 0 Å².